The van der Waals surface area contributed by atoms with Gasteiger partial charge >= 0.3 is 0 Å². The molecule has 0 bridgehead atoms. The maximum absolute atomic E-state index is 12.3. The van der Waals surface area contributed by atoms with Crippen LogP contribution >= 0.6 is 0 Å². The minimum absolute atomic E-state index is 0.0567. The normalized spacial score (nSPS) is 12.7. The molecular weight excluding hydrogens is 334 g/mol. The molecule has 1 heterocycles. The molecule has 0 fully saturated rings. The molecule has 7 nitrogen and oxygen atoms in total. The number of hydrogen-bond donors (Lipinski definition) is 1. The highest BCUT2D eigenvalue weighted by atomic mass is 32.2. The number of Topliss-reactive ketones (excluding diaryl/α,β-unsaturated/α-hetero) is 1. The van der Waals surface area contributed by atoms with E-state index in [1.807, 2.05) is 4.72 Å². The molecule has 3 rings (SSSR count). The summed E-state index contributed by atoms with van der Waals surface area (Å²) < 4.78 is 36.8. The van der Waals surface area contributed by atoms with Crippen LogP contribution < -0.4 is 14.2 Å². The standard InChI is InChI=1S/C16H13NO6S/c1-10(18)11-2-5-13(6-3-11)24(20,21)17-16(19)12-4-7-14-15(8-12)23-9-22-14/h2-8H,9H2,1H3,(H,17,19). The van der Waals surface area contributed by atoms with Gasteiger partial charge in [-0.3, -0.25) is 9.59 Å². The third kappa shape index (κ3) is 3.09. The summed E-state index contributed by atoms with van der Waals surface area (Å²) in [4.78, 5) is 23.3. The zero-order valence-corrected chi connectivity index (χ0v) is 13.4. The lowest BCUT2D eigenvalue weighted by Crippen LogP contribution is -2.30. The summed E-state index contributed by atoms with van der Waals surface area (Å²) in [6.45, 7) is 1.44. The molecule has 0 aromatic heterocycles. The second kappa shape index (κ2) is 5.97. The molecule has 1 N–H and O–H groups in total. The second-order valence-electron chi connectivity index (χ2n) is 5.08. The number of amides is 1. The number of sulfonamides is 1. The molecule has 0 spiro atoms. The molecule has 8 heteroatoms. The van der Waals surface area contributed by atoms with Crippen LogP contribution in [0.2, 0.25) is 0 Å². The van der Waals surface area contributed by atoms with Crippen molar-refractivity contribution < 1.29 is 27.5 Å². The molecule has 0 saturated carbocycles. The number of ketones is 1. The number of carbonyl (C=O) groups excluding carboxylic acids is 2. The Hall–Kier alpha value is -2.87. The molecular formula is C16H13NO6S. The Kier molecular flexibility index (Phi) is 3.98. The summed E-state index contributed by atoms with van der Waals surface area (Å²) >= 11 is 0. The van der Waals surface area contributed by atoms with E-state index >= 15 is 0 Å². The van der Waals surface area contributed by atoms with Gasteiger partial charge in [-0.15, -0.1) is 0 Å². The van der Waals surface area contributed by atoms with Crippen LogP contribution in [-0.2, 0) is 10.0 Å². The topological polar surface area (TPSA) is 98.8 Å². The van der Waals surface area contributed by atoms with E-state index in [1.54, 1.807) is 0 Å². The summed E-state index contributed by atoms with van der Waals surface area (Å²) in [5, 5.41) is 0. The third-order valence-corrected chi connectivity index (χ3v) is 4.78. The summed E-state index contributed by atoms with van der Waals surface area (Å²) in [6.07, 6.45) is 0. The van der Waals surface area contributed by atoms with Gasteiger partial charge in [0.15, 0.2) is 17.3 Å². The van der Waals surface area contributed by atoms with Gasteiger partial charge in [0.05, 0.1) is 4.90 Å². The van der Waals surface area contributed by atoms with E-state index in [1.165, 1.54) is 49.4 Å². The van der Waals surface area contributed by atoms with E-state index in [9.17, 15) is 18.0 Å². The quantitative estimate of drug-likeness (QED) is 0.846. The minimum Gasteiger partial charge on any atom is -0.454 e. The first kappa shape index (κ1) is 16.0. The van der Waals surface area contributed by atoms with Crippen LogP contribution in [0.5, 0.6) is 11.5 Å². The molecule has 24 heavy (non-hydrogen) atoms. The van der Waals surface area contributed by atoms with E-state index in [0.717, 1.165) is 0 Å². The van der Waals surface area contributed by atoms with Crippen molar-refractivity contribution in [2.75, 3.05) is 6.79 Å². The van der Waals surface area contributed by atoms with Gasteiger partial charge in [-0.05, 0) is 37.3 Å². The number of nitrogens with one attached hydrogen (secondary N) is 1. The monoisotopic (exact) mass is 347 g/mol. The fourth-order valence-corrected chi connectivity index (χ4v) is 3.12. The first-order chi connectivity index (χ1) is 11.4. The number of ether oxygens (including phenoxy) is 2. The van der Waals surface area contributed by atoms with Gasteiger partial charge in [-0.2, -0.15) is 0 Å². The second-order valence-corrected chi connectivity index (χ2v) is 6.77. The number of benzene rings is 2. The highest BCUT2D eigenvalue weighted by Crippen LogP contribution is 2.32. The number of hydrogen-bond acceptors (Lipinski definition) is 6. The summed E-state index contributed by atoms with van der Waals surface area (Å²) in [7, 11) is -4.05. The van der Waals surface area contributed by atoms with Crippen molar-refractivity contribution in [1.29, 1.82) is 0 Å². The Balaban J connectivity index is 1.81. The molecule has 1 aliphatic heterocycles. The van der Waals surface area contributed by atoms with Gasteiger partial charge < -0.3 is 9.47 Å². The van der Waals surface area contributed by atoms with Crippen molar-refractivity contribution in [3.63, 3.8) is 0 Å². The van der Waals surface area contributed by atoms with Gasteiger partial charge in [0, 0.05) is 11.1 Å². The van der Waals surface area contributed by atoms with E-state index in [4.69, 9.17) is 9.47 Å². The zero-order valence-electron chi connectivity index (χ0n) is 12.6. The Labute approximate surface area is 138 Å². The molecule has 1 amide bonds. The molecule has 2 aromatic carbocycles. The summed E-state index contributed by atoms with van der Waals surface area (Å²) in [5.41, 5.74) is 0.513. The Morgan fingerprint density at radius 3 is 2.25 bits per heavy atom. The number of carbonyl (C=O) groups is 2. The molecule has 0 radical (unpaired) electrons. The van der Waals surface area contributed by atoms with E-state index in [2.05, 4.69) is 0 Å². The average Bonchev–Trinajstić information content (AvgIpc) is 3.02. The van der Waals surface area contributed by atoms with Crippen LogP contribution in [0.4, 0.5) is 0 Å². The fraction of sp³-hybridized carbons (Fsp3) is 0.125. The van der Waals surface area contributed by atoms with Crippen LogP contribution in [0.15, 0.2) is 47.4 Å². The Morgan fingerprint density at radius 2 is 1.58 bits per heavy atom. The van der Waals surface area contributed by atoms with Crippen LogP contribution in [0, 0.1) is 0 Å². The smallest absolute Gasteiger partial charge is 0.265 e. The molecule has 0 aliphatic carbocycles. The molecule has 124 valence electrons. The van der Waals surface area contributed by atoms with Crippen LogP contribution in [0.3, 0.4) is 0 Å². The third-order valence-electron chi connectivity index (χ3n) is 3.43. The highest BCUT2D eigenvalue weighted by molar-refractivity contribution is 7.90. The van der Waals surface area contributed by atoms with Gasteiger partial charge in [0.1, 0.15) is 0 Å². The largest absolute Gasteiger partial charge is 0.454 e. The van der Waals surface area contributed by atoms with E-state index in [-0.39, 0.29) is 23.0 Å². The summed E-state index contributed by atoms with van der Waals surface area (Å²) in [5.74, 6) is -0.0904. The van der Waals surface area contributed by atoms with Gasteiger partial charge in [-0.1, -0.05) is 12.1 Å². The first-order valence-corrected chi connectivity index (χ1v) is 8.43. The predicted octanol–water partition coefficient (Wildman–Crippen LogP) is 1.74. The van der Waals surface area contributed by atoms with Crippen molar-refractivity contribution in [3.05, 3.63) is 53.6 Å². The zero-order chi connectivity index (χ0) is 17.3. The number of rotatable bonds is 4. The molecule has 0 saturated heterocycles. The average molecular weight is 347 g/mol. The molecule has 2 aromatic rings. The molecule has 0 unspecified atom stereocenters. The lowest BCUT2D eigenvalue weighted by atomic mass is 10.2. The predicted molar refractivity (Wildman–Crippen MR) is 83.7 cm³/mol. The Morgan fingerprint density at radius 1 is 0.958 bits per heavy atom. The first-order valence-electron chi connectivity index (χ1n) is 6.94. The SMILES string of the molecule is CC(=O)c1ccc(S(=O)(=O)NC(=O)c2ccc3c(c2)OCO3)cc1. The summed E-state index contributed by atoms with van der Waals surface area (Å²) in [6, 6.07) is 9.71. The van der Waals surface area contributed by atoms with E-state index in [0.29, 0.717) is 17.1 Å². The Bertz CT molecular complexity index is 918. The van der Waals surface area contributed by atoms with Crippen LogP contribution in [0.1, 0.15) is 27.6 Å². The van der Waals surface area contributed by atoms with Gasteiger partial charge in [0.25, 0.3) is 15.9 Å². The lowest BCUT2D eigenvalue weighted by Gasteiger charge is -2.08. The minimum atomic E-state index is -4.05. The van der Waals surface area contributed by atoms with E-state index < -0.39 is 15.9 Å². The van der Waals surface area contributed by atoms with Crippen LogP contribution in [0.25, 0.3) is 0 Å². The molecule has 0 atom stereocenters. The van der Waals surface area contributed by atoms with Gasteiger partial charge in [-0.25, -0.2) is 13.1 Å². The van der Waals surface area contributed by atoms with Crippen molar-refractivity contribution in [3.8, 4) is 11.5 Å². The fourth-order valence-electron chi connectivity index (χ4n) is 2.15. The van der Waals surface area contributed by atoms with Crippen molar-refractivity contribution in [2.45, 2.75) is 11.8 Å². The van der Waals surface area contributed by atoms with Crippen molar-refractivity contribution >= 4 is 21.7 Å². The van der Waals surface area contributed by atoms with Crippen molar-refractivity contribution in [2.24, 2.45) is 0 Å². The van der Waals surface area contributed by atoms with Crippen LogP contribution in [-0.4, -0.2) is 26.9 Å². The maximum atomic E-state index is 12.3. The highest BCUT2D eigenvalue weighted by Gasteiger charge is 2.21. The van der Waals surface area contributed by atoms with Gasteiger partial charge in [0.2, 0.25) is 6.79 Å². The number of fused-ring (bicyclic) bond motifs is 1. The maximum Gasteiger partial charge on any atom is 0.265 e. The lowest BCUT2D eigenvalue weighted by molar-refractivity contribution is 0.0978. The molecule has 1 aliphatic rings. The van der Waals surface area contributed by atoms with Crippen molar-refractivity contribution in [1.82, 2.24) is 4.72 Å².